The van der Waals surface area contributed by atoms with E-state index in [1.807, 2.05) is 18.2 Å². The molecule has 1 nitrogen and oxygen atoms in total. The van der Waals surface area contributed by atoms with Gasteiger partial charge < -0.3 is 5.73 Å². The van der Waals surface area contributed by atoms with Gasteiger partial charge in [-0.2, -0.15) is 0 Å². The molecule has 0 aliphatic heterocycles. The SMILES string of the molecule is CCC[C@H](N)c1cc(Br)ccc1Cl.Cl. The van der Waals surface area contributed by atoms with Gasteiger partial charge in [0.25, 0.3) is 0 Å². The van der Waals surface area contributed by atoms with Crippen LogP contribution in [0.25, 0.3) is 0 Å². The van der Waals surface area contributed by atoms with E-state index >= 15 is 0 Å². The van der Waals surface area contributed by atoms with Gasteiger partial charge in [-0.25, -0.2) is 0 Å². The molecule has 0 spiro atoms. The molecule has 0 aliphatic carbocycles. The fourth-order valence-electron chi connectivity index (χ4n) is 1.27. The van der Waals surface area contributed by atoms with Gasteiger partial charge in [0, 0.05) is 15.5 Å². The van der Waals surface area contributed by atoms with E-state index in [0.29, 0.717) is 0 Å². The molecule has 14 heavy (non-hydrogen) atoms. The zero-order valence-corrected chi connectivity index (χ0v) is 11.1. The van der Waals surface area contributed by atoms with Gasteiger partial charge in [-0.05, 0) is 30.2 Å². The zero-order valence-electron chi connectivity index (χ0n) is 7.97. The van der Waals surface area contributed by atoms with E-state index in [-0.39, 0.29) is 18.4 Å². The lowest BCUT2D eigenvalue weighted by Gasteiger charge is -2.12. The van der Waals surface area contributed by atoms with Crippen LogP contribution in [0.2, 0.25) is 5.02 Å². The normalized spacial score (nSPS) is 12.0. The highest BCUT2D eigenvalue weighted by atomic mass is 79.9. The van der Waals surface area contributed by atoms with Crippen LogP contribution in [0.5, 0.6) is 0 Å². The topological polar surface area (TPSA) is 26.0 Å². The van der Waals surface area contributed by atoms with E-state index in [1.54, 1.807) is 0 Å². The zero-order chi connectivity index (χ0) is 9.84. The summed E-state index contributed by atoms with van der Waals surface area (Å²) in [6.45, 7) is 2.12. The Labute approximate surface area is 105 Å². The van der Waals surface area contributed by atoms with Crippen LogP contribution in [0.1, 0.15) is 31.4 Å². The van der Waals surface area contributed by atoms with E-state index in [0.717, 1.165) is 27.9 Å². The minimum absolute atomic E-state index is 0. The first kappa shape index (κ1) is 14.2. The monoisotopic (exact) mass is 297 g/mol. The molecule has 0 aromatic heterocycles. The quantitative estimate of drug-likeness (QED) is 0.883. The van der Waals surface area contributed by atoms with Gasteiger partial charge in [-0.1, -0.05) is 40.9 Å². The van der Waals surface area contributed by atoms with E-state index < -0.39 is 0 Å². The fraction of sp³-hybridized carbons (Fsp3) is 0.400. The van der Waals surface area contributed by atoms with Gasteiger partial charge in [-0.15, -0.1) is 12.4 Å². The molecule has 0 heterocycles. The van der Waals surface area contributed by atoms with Crippen molar-refractivity contribution in [1.29, 1.82) is 0 Å². The Morgan fingerprint density at radius 1 is 1.50 bits per heavy atom. The molecule has 0 radical (unpaired) electrons. The van der Waals surface area contributed by atoms with Crippen LogP contribution in [-0.2, 0) is 0 Å². The van der Waals surface area contributed by atoms with E-state index in [1.165, 1.54) is 0 Å². The number of hydrogen-bond donors (Lipinski definition) is 1. The van der Waals surface area contributed by atoms with Gasteiger partial charge in [-0.3, -0.25) is 0 Å². The highest BCUT2D eigenvalue weighted by molar-refractivity contribution is 9.10. The first-order valence-corrected chi connectivity index (χ1v) is 5.52. The van der Waals surface area contributed by atoms with Crippen LogP contribution >= 0.6 is 39.9 Å². The summed E-state index contributed by atoms with van der Waals surface area (Å²) < 4.78 is 1.03. The Kier molecular flexibility index (Phi) is 6.79. The maximum atomic E-state index is 6.03. The molecule has 0 bridgehead atoms. The lowest BCUT2D eigenvalue weighted by molar-refractivity contribution is 0.638. The van der Waals surface area contributed by atoms with Crippen LogP contribution in [0, 0.1) is 0 Å². The average Bonchev–Trinajstić information content (AvgIpc) is 2.09. The first-order chi connectivity index (χ1) is 6.15. The van der Waals surface area contributed by atoms with Crippen molar-refractivity contribution >= 4 is 39.9 Å². The number of nitrogens with two attached hydrogens (primary N) is 1. The lowest BCUT2D eigenvalue weighted by Crippen LogP contribution is -2.10. The Balaban J connectivity index is 0.00000169. The van der Waals surface area contributed by atoms with Crippen molar-refractivity contribution in [2.45, 2.75) is 25.8 Å². The summed E-state index contributed by atoms with van der Waals surface area (Å²) >= 11 is 9.43. The predicted octanol–water partition coefficient (Wildman–Crippen LogP) is 4.32. The molecule has 1 aromatic rings. The summed E-state index contributed by atoms with van der Waals surface area (Å²) in [7, 11) is 0. The van der Waals surface area contributed by atoms with Crippen LogP contribution in [0.4, 0.5) is 0 Å². The number of rotatable bonds is 3. The summed E-state index contributed by atoms with van der Waals surface area (Å²) in [4.78, 5) is 0. The molecule has 80 valence electrons. The third-order valence-corrected chi connectivity index (χ3v) is 2.79. The summed E-state index contributed by atoms with van der Waals surface area (Å²) in [6, 6.07) is 5.83. The second-order valence-electron chi connectivity index (χ2n) is 3.06. The third kappa shape index (κ3) is 3.77. The summed E-state index contributed by atoms with van der Waals surface area (Å²) in [5.74, 6) is 0. The van der Waals surface area contributed by atoms with Crippen molar-refractivity contribution in [3.05, 3.63) is 33.3 Å². The van der Waals surface area contributed by atoms with E-state index in [2.05, 4.69) is 22.9 Å². The van der Waals surface area contributed by atoms with Crippen molar-refractivity contribution < 1.29 is 0 Å². The minimum atomic E-state index is 0. The molecule has 0 fully saturated rings. The van der Waals surface area contributed by atoms with E-state index in [4.69, 9.17) is 17.3 Å². The molecule has 2 N–H and O–H groups in total. The Morgan fingerprint density at radius 3 is 2.71 bits per heavy atom. The maximum Gasteiger partial charge on any atom is 0.0454 e. The van der Waals surface area contributed by atoms with Crippen LogP contribution < -0.4 is 5.73 Å². The minimum Gasteiger partial charge on any atom is -0.324 e. The Morgan fingerprint density at radius 2 is 2.14 bits per heavy atom. The molecular formula is C10H14BrCl2N. The Bertz CT molecular complexity index is 291. The largest absolute Gasteiger partial charge is 0.324 e. The van der Waals surface area contributed by atoms with Gasteiger partial charge in [0.1, 0.15) is 0 Å². The fourth-order valence-corrected chi connectivity index (χ4v) is 1.90. The maximum absolute atomic E-state index is 6.03. The van der Waals surface area contributed by atoms with Crippen molar-refractivity contribution in [3.63, 3.8) is 0 Å². The van der Waals surface area contributed by atoms with Crippen molar-refractivity contribution in [1.82, 2.24) is 0 Å². The molecule has 1 atom stereocenters. The molecule has 0 amide bonds. The highest BCUT2D eigenvalue weighted by Crippen LogP contribution is 2.27. The van der Waals surface area contributed by atoms with Gasteiger partial charge >= 0.3 is 0 Å². The smallest absolute Gasteiger partial charge is 0.0454 e. The summed E-state index contributed by atoms with van der Waals surface area (Å²) in [5, 5.41) is 0.754. The summed E-state index contributed by atoms with van der Waals surface area (Å²) in [6.07, 6.45) is 2.04. The molecule has 1 rings (SSSR count). The second-order valence-corrected chi connectivity index (χ2v) is 4.38. The lowest BCUT2D eigenvalue weighted by atomic mass is 10.0. The third-order valence-electron chi connectivity index (χ3n) is 1.96. The molecule has 0 saturated carbocycles. The Hall–Kier alpha value is 0.240. The standard InChI is InChI=1S/C10H13BrClN.ClH/c1-2-3-10(13)8-6-7(11)4-5-9(8)12;/h4-6,10H,2-3,13H2,1H3;1H/t10-;/m0./s1. The molecule has 0 unspecified atom stereocenters. The molecule has 0 aliphatic rings. The highest BCUT2D eigenvalue weighted by Gasteiger charge is 2.09. The molecular weight excluding hydrogens is 285 g/mol. The first-order valence-electron chi connectivity index (χ1n) is 4.35. The number of benzene rings is 1. The van der Waals surface area contributed by atoms with Crippen molar-refractivity contribution in [2.75, 3.05) is 0 Å². The summed E-state index contributed by atoms with van der Waals surface area (Å²) in [5.41, 5.74) is 7.00. The van der Waals surface area contributed by atoms with Crippen LogP contribution in [0.3, 0.4) is 0 Å². The van der Waals surface area contributed by atoms with Crippen LogP contribution in [-0.4, -0.2) is 0 Å². The van der Waals surface area contributed by atoms with Gasteiger partial charge in [0.2, 0.25) is 0 Å². The van der Waals surface area contributed by atoms with Gasteiger partial charge in [0.15, 0.2) is 0 Å². The predicted molar refractivity (Wildman–Crippen MR) is 68.2 cm³/mol. The molecule has 4 heteroatoms. The van der Waals surface area contributed by atoms with Gasteiger partial charge in [0.05, 0.1) is 0 Å². The average molecular weight is 299 g/mol. The molecule has 1 aromatic carbocycles. The van der Waals surface area contributed by atoms with Crippen LogP contribution in [0.15, 0.2) is 22.7 Å². The van der Waals surface area contributed by atoms with Crippen molar-refractivity contribution in [3.8, 4) is 0 Å². The van der Waals surface area contributed by atoms with Crippen molar-refractivity contribution in [2.24, 2.45) is 5.73 Å². The number of halogens is 3. The number of hydrogen-bond acceptors (Lipinski definition) is 1. The molecule has 0 saturated heterocycles. The second kappa shape index (κ2) is 6.67. The van der Waals surface area contributed by atoms with E-state index in [9.17, 15) is 0 Å².